The molecular weight excluding hydrogens is 417 g/mol. The zero-order chi connectivity index (χ0) is 23.8. The van der Waals surface area contributed by atoms with E-state index in [-0.39, 0.29) is 48.6 Å². The zero-order valence-corrected chi connectivity index (χ0v) is 20.0. The van der Waals surface area contributed by atoms with Crippen LogP contribution in [0.25, 0.3) is 0 Å². The van der Waals surface area contributed by atoms with Crippen LogP contribution in [-0.4, -0.2) is 42.4 Å². The Labute approximate surface area is 196 Å². The summed E-state index contributed by atoms with van der Waals surface area (Å²) in [6.07, 6.45) is 5.13. The van der Waals surface area contributed by atoms with E-state index >= 15 is 0 Å². The first-order valence-corrected chi connectivity index (χ1v) is 11.8. The number of likely N-dealkylation sites (N-methyl/N-ethyl adjacent to an activating group) is 1. The van der Waals surface area contributed by atoms with E-state index in [9.17, 15) is 14.0 Å². The molecule has 0 heterocycles. The molecule has 0 unspecified atom stereocenters. The molecule has 1 saturated carbocycles. The number of carbonyl (C=O) groups is 2. The number of nitrogens with zero attached hydrogens (tertiary/aromatic N) is 1. The highest BCUT2D eigenvalue weighted by atomic mass is 19.1. The topological polar surface area (TPSA) is 61.4 Å². The summed E-state index contributed by atoms with van der Waals surface area (Å²) < 4.78 is 13.6. The lowest BCUT2D eigenvalue weighted by atomic mass is 9.74. The van der Waals surface area contributed by atoms with Gasteiger partial charge >= 0.3 is 0 Å². The lowest BCUT2D eigenvalue weighted by Gasteiger charge is -2.45. The van der Waals surface area contributed by atoms with Crippen molar-refractivity contribution in [3.8, 4) is 0 Å². The molecule has 1 fully saturated rings. The van der Waals surface area contributed by atoms with Crippen molar-refractivity contribution < 1.29 is 14.0 Å². The molecule has 178 valence electrons. The first kappa shape index (κ1) is 24.9. The van der Waals surface area contributed by atoms with Crippen molar-refractivity contribution >= 4 is 11.8 Å². The molecule has 33 heavy (non-hydrogen) atoms. The Hall–Kier alpha value is -2.73. The highest BCUT2D eigenvalue weighted by Gasteiger charge is 2.37. The van der Waals surface area contributed by atoms with E-state index in [0.717, 1.165) is 32.1 Å². The lowest BCUT2D eigenvalue weighted by Crippen LogP contribution is -2.52. The fourth-order valence-corrected chi connectivity index (χ4v) is 4.73. The van der Waals surface area contributed by atoms with Crippen molar-refractivity contribution in [3.05, 3.63) is 71.0 Å². The van der Waals surface area contributed by atoms with Gasteiger partial charge in [0.25, 0.3) is 0 Å². The first-order chi connectivity index (χ1) is 15.8. The highest BCUT2D eigenvalue weighted by molar-refractivity contribution is 5.83. The maximum Gasteiger partial charge on any atom is 0.220 e. The van der Waals surface area contributed by atoms with Gasteiger partial charge in [-0.3, -0.25) is 9.59 Å². The molecule has 2 aromatic rings. The van der Waals surface area contributed by atoms with Gasteiger partial charge in [0.1, 0.15) is 5.82 Å². The average Bonchev–Trinajstić information content (AvgIpc) is 2.78. The van der Waals surface area contributed by atoms with Gasteiger partial charge in [0.05, 0.1) is 0 Å². The van der Waals surface area contributed by atoms with E-state index in [4.69, 9.17) is 0 Å². The quantitative estimate of drug-likeness (QED) is 0.600. The molecule has 0 spiro atoms. The largest absolute Gasteiger partial charge is 0.353 e. The van der Waals surface area contributed by atoms with Crippen LogP contribution in [0, 0.1) is 12.7 Å². The number of halogens is 1. The van der Waals surface area contributed by atoms with E-state index < -0.39 is 0 Å². The number of rotatable bonds is 9. The summed E-state index contributed by atoms with van der Waals surface area (Å²) in [5.41, 5.74) is 3.17. The molecule has 0 bridgehead atoms. The van der Waals surface area contributed by atoms with Gasteiger partial charge in [0, 0.05) is 36.5 Å². The van der Waals surface area contributed by atoms with Crippen LogP contribution in [0.1, 0.15) is 55.2 Å². The molecule has 0 aliphatic heterocycles. The number of benzene rings is 2. The van der Waals surface area contributed by atoms with Gasteiger partial charge in [0.15, 0.2) is 0 Å². The van der Waals surface area contributed by atoms with Crippen molar-refractivity contribution in [1.82, 2.24) is 15.5 Å². The number of aryl methyl sites for hydroxylation is 1. The summed E-state index contributed by atoms with van der Waals surface area (Å²) in [4.78, 5) is 26.8. The Morgan fingerprint density at radius 1 is 1.03 bits per heavy atom. The van der Waals surface area contributed by atoms with Gasteiger partial charge in [-0.05, 0) is 64.8 Å². The Morgan fingerprint density at radius 2 is 1.73 bits per heavy atom. The summed E-state index contributed by atoms with van der Waals surface area (Å²) >= 11 is 0. The molecule has 2 aromatic carbocycles. The van der Waals surface area contributed by atoms with Gasteiger partial charge in [-0.2, -0.15) is 0 Å². The van der Waals surface area contributed by atoms with Gasteiger partial charge < -0.3 is 15.5 Å². The Morgan fingerprint density at radius 3 is 2.39 bits per heavy atom. The van der Waals surface area contributed by atoms with Crippen LogP contribution in [0.15, 0.2) is 48.5 Å². The third kappa shape index (κ3) is 7.13. The second kappa shape index (κ2) is 11.4. The number of carbonyl (C=O) groups excluding carboxylic acids is 2. The summed E-state index contributed by atoms with van der Waals surface area (Å²) in [6, 6.07) is 15.2. The smallest absolute Gasteiger partial charge is 0.220 e. The molecule has 0 radical (unpaired) electrons. The normalized spacial score (nSPS) is 20.5. The van der Waals surface area contributed by atoms with Crippen molar-refractivity contribution in [2.45, 2.75) is 70.0 Å². The number of hydrogen-bond donors (Lipinski definition) is 2. The predicted octanol–water partition coefficient (Wildman–Crippen LogP) is 4.13. The van der Waals surface area contributed by atoms with Crippen LogP contribution in [0.5, 0.6) is 0 Å². The van der Waals surface area contributed by atoms with Gasteiger partial charge in [-0.15, -0.1) is 0 Å². The van der Waals surface area contributed by atoms with Crippen molar-refractivity contribution in [2.75, 3.05) is 14.1 Å². The zero-order valence-electron chi connectivity index (χ0n) is 20.0. The van der Waals surface area contributed by atoms with Crippen LogP contribution in [0.3, 0.4) is 0 Å². The van der Waals surface area contributed by atoms with E-state index in [1.165, 1.54) is 17.2 Å². The fourth-order valence-electron chi connectivity index (χ4n) is 4.73. The maximum absolute atomic E-state index is 13.6. The molecule has 2 N–H and O–H groups in total. The van der Waals surface area contributed by atoms with Crippen LogP contribution in [0.4, 0.5) is 4.39 Å². The summed E-state index contributed by atoms with van der Waals surface area (Å²) in [5.74, 6) is -0.692. The summed E-state index contributed by atoms with van der Waals surface area (Å²) in [6.45, 7) is 2.25. The molecule has 5 nitrogen and oxygen atoms in total. The van der Waals surface area contributed by atoms with Crippen LogP contribution in [0.2, 0.25) is 0 Å². The molecule has 3 rings (SSSR count). The third-order valence-electron chi connectivity index (χ3n) is 6.86. The van der Waals surface area contributed by atoms with Gasteiger partial charge in [0.2, 0.25) is 11.8 Å². The second-order valence-electron chi connectivity index (χ2n) is 9.49. The predicted molar refractivity (Wildman–Crippen MR) is 129 cm³/mol. The second-order valence-corrected chi connectivity index (χ2v) is 9.49. The molecule has 1 aliphatic carbocycles. The number of nitrogens with one attached hydrogen (secondary N) is 2. The van der Waals surface area contributed by atoms with E-state index in [0.29, 0.717) is 5.56 Å². The molecule has 0 atom stereocenters. The fraction of sp³-hybridized carbons (Fsp3) is 0.481. The SMILES string of the molecule is Cc1cccc(CC2(N(C)C)CCC(NC(=O)CCC(=O)NCc3ccccc3F)CC2)c1. The third-order valence-corrected chi connectivity index (χ3v) is 6.86. The molecule has 1 aliphatic rings. The lowest BCUT2D eigenvalue weighted by molar-refractivity contribution is -0.127. The van der Waals surface area contributed by atoms with Crippen molar-refractivity contribution in [2.24, 2.45) is 0 Å². The van der Waals surface area contributed by atoms with Crippen molar-refractivity contribution in [3.63, 3.8) is 0 Å². The minimum absolute atomic E-state index is 0.0988. The number of amides is 2. The van der Waals surface area contributed by atoms with Gasteiger partial charge in [-0.1, -0.05) is 48.0 Å². The van der Waals surface area contributed by atoms with Crippen molar-refractivity contribution in [1.29, 1.82) is 0 Å². The molecule has 6 heteroatoms. The molecular formula is C27H36FN3O2. The number of hydrogen-bond acceptors (Lipinski definition) is 3. The van der Waals surface area contributed by atoms with Crippen LogP contribution >= 0.6 is 0 Å². The average molecular weight is 454 g/mol. The van der Waals surface area contributed by atoms with Gasteiger partial charge in [-0.25, -0.2) is 4.39 Å². The van der Waals surface area contributed by atoms with Crippen LogP contribution < -0.4 is 10.6 Å². The standard InChI is InChI=1S/C27H36FN3O2/c1-20-7-6-8-21(17-20)18-27(31(2)3)15-13-23(14-16-27)30-26(33)12-11-25(32)29-19-22-9-4-5-10-24(22)28/h4-10,17,23H,11-16,18-19H2,1-3H3,(H,29,32)(H,30,33). The highest BCUT2D eigenvalue weighted by Crippen LogP contribution is 2.35. The van der Waals surface area contributed by atoms with E-state index in [1.54, 1.807) is 18.2 Å². The summed E-state index contributed by atoms with van der Waals surface area (Å²) in [5, 5.41) is 5.79. The first-order valence-electron chi connectivity index (χ1n) is 11.8. The van der Waals surface area contributed by atoms with E-state index in [1.807, 2.05) is 0 Å². The molecule has 2 amide bonds. The Bertz CT molecular complexity index is 952. The maximum atomic E-state index is 13.6. The summed E-state index contributed by atoms with van der Waals surface area (Å²) in [7, 11) is 4.29. The van der Waals surface area contributed by atoms with E-state index in [2.05, 4.69) is 60.8 Å². The Kier molecular flexibility index (Phi) is 8.61. The minimum Gasteiger partial charge on any atom is -0.353 e. The van der Waals surface area contributed by atoms with Crippen LogP contribution in [-0.2, 0) is 22.6 Å². The minimum atomic E-state index is -0.343. The molecule has 0 saturated heterocycles. The Balaban J connectivity index is 1.42. The molecule has 0 aromatic heterocycles. The monoisotopic (exact) mass is 453 g/mol.